The lowest BCUT2D eigenvalue weighted by Gasteiger charge is -2.11. The number of oxazole rings is 1. The molecule has 0 unspecified atom stereocenters. The second-order valence-corrected chi connectivity index (χ2v) is 5.30. The number of nitrogens with zero attached hydrogens (tertiary/aromatic N) is 3. The highest BCUT2D eigenvalue weighted by atomic mass is 16.3. The molecular weight excluding hydrogens is 288 g/mol. The minimum absolute atomic E-state index is 0.751. The van der Waals surface area contributed by atoms with Gasteiger partial charge >= 0.3 is 0 Å². The molecule has 3 aromatic rings. The Labute approximate surface area is 135 Å². The Kier molecular flexibility index (Phi) is 4.38. The number of hydrogen-bond donors (Lipinski definition) is 1. The standard InChI is InChI=1S/C18H18N4O/c1-22(2)17-9-3-14(4-10-17)11-20-21-16-7-5-15(6-8-16)18-12-19-13-23-18/h3-13,21H,1-2H3. The smallest absolute Gasteiger partial charge is 0.181 e. The van der Waals surface area contributed by atoms with Crippen molar-refractivity contribution in [1.82, 2.24) is 4.98 Å². The van der Waals surface area contributed by atoms with E-state index in [0.29, 0.717) is 0 Å². The van der Waals surface area contributed by atoms with Gasteiger partial charge in [0.1, 0.15) is 0 Å². The van der Waals surface area contributed by atoms with E-state index in [0.717, 1.165) is 28.3 Å². The molecule has 0 fully saturated rings. The first-order valence-electron chi connectivity index (χ1n) is 7.28. The maximum atomic E-state index is 5.26. The van der Waals surface area contributed by atoms with Crippen molar-refractivity contribution in [2.45, 2.75) is 0 Å². The van der Waals surface area contributed by atoms with Gasteiger partial charge in [-0.1, -0.05) is 12.1 Å². The molecule has 2 aromatic carbocycles. The molecule has 5 heteroatoms. The van der Waals surface area contributed by atoms with E-state index in [1.54, 1.807) is 12.4 Å². The van der Waals surface area contributed by atoms with Gasteiger partial charge in [0.25, 0.3) is 0 Å². The number of aromatic nitrogens is 1. The van der Waals surface area contributed by atoms with Gasteiger partial charge in [-0.05, 0) is 42.0 Å². The lowest BCUT2D eigenvalue weighted by Crippen LogP contribution is -2.08. The van der Waals surface area contributed by atoms with Crippen molar-refractivity contribution >= 4 is 17.6 Å². The largest absolute Gasteiger partial charge is 0.444 e. The van der Waals surface area contributed by atoms with Gasteiger partial charge in [-0.3, -0.25) is 5.43 Å². The van der Waals surface area contributed by atoms with E-state index in [1.165, 1.54) is 6.39 Å². The molecule has 0 bridgehead atoms. The molecule has 0 spiro atoms. The van der Waals surface area contributed by atoms with Crippen LogP contribution in [0.1, 0.15) is 5.56 Å². The van der Waals surface area contributed by atoms with E-state index in [2.05, 4.69) is 32.5 Å². The maximum absolute atomic E-state index is 5.26. The quantitative estimate of drug-likeness (QED) is 0.574. The van der Waals surface area contributed by atoms with Crippen LogP contribution in [0.15, 0.2) is 70.6 Å². The molecule has 116 valence electrons. The number of hydrazone groups is 1. The Bertz CT molecular complexity index is 760. The van der Waals surface area contributed by atoms with E-state index < -0.39 is 0 Å². The number of anilines is 2. The van der Waals surface area contributed by atoms with Crippen LogP contribution in [0, 0.1) is 0 Å². The summed E-state index contributed by atoms with van der Waals surface area (Å²) in [6, 6.07) is 16.0. The first-order valence-corrected chi connectivity index (χ1v) is 7.28. The summed E-state index contributed by atoms with van der Waals surface area (Å²) in [5.41, 5.74) is 7.12. The van der Waals surface area contributed by atoms with Crippen molar-refractivity contribution in [2.75, 3.05) is 24.4 Å². The summed E-state index contributed by atoms with van der Waals surface area (Å²) < 4.78 is 5.26. The molecule has 0 aliphatic carbocycles. The molecule has 23 heavy (non-hydrogen) atoms. The predicted molar refractivity (Wildman–Crippen MR) is 93.9 cm³/mol. The summed E-state index contributed by atoms with van der Waals surface area (Å²) in [6.45, 7) is 0. The molecule has 0 aliphatic rings. The van der Waals surface area contributed by atoms with Gasteiger partial charge in [-0.15, -0.1) is 0 Å². The van der Waals surface area contributed by atoms with Gasteiger partial charge in [0.15, 0.2) is 12.2 Å². The van der Waals surface area contributed by atoms with Crippen LogP contribution in [0.5, 0.6) is 0 Å². The molecule has 0 atom stereocenters. The van der Waals surface area contributed by atoms with Gasteiger partial charge in [-0.2, -0.15) is 5.10 Å². The zero-order valence-corrected chi connectivity index (χ0v) is 13.1. The average molecular weight is 306 g/mol. The third-order valence-electron chi connectivity index (χ3n) is 3.42. The zero-order valence-electron chi connectivity index (χ0n) is 13.1. The third kappa shape index (κ3) is 3.77. The highest BCUT2D eigenvalue weighted by Gasteiger charge is 2.00. The van der Waals surface area contributed by atoms with Crippen LogP contribution in [0.2, 0.25) is 0 Å². The van der Waals surface area contributed by atoms with E-state index in [-0.39, 0.29) is 0 Å². The summed E-state index contributed by atoms with van der Waals surface area (Å²) in [5, 5.41) is 4.25. The Morgan fingerprint density at radius 1 is 1.04 bits per heavy atom. The molecule has 3 rings (SSSR count). The van der Waals surface area contributed by atoms with Gasteiger partial charge in [0.05, 0.1) is 18.1 Å². The highest BCUT2D eigenvalue weighted by molar-refractivity contribution is 5.81. The molecule has 1 aromatic heterocycles. The summed E-state index contributed by atoms with van der Waals surface area (Å²) in [5.74, 6) is 0.751. The first-order chi connectivity index (χ1) is 11.2. The predicted octanol–water partition coefficient (Wildman–Crippen LogP) is 3.85. The monoisotopic (exact) mass is 306 g/mol. The van der Waals surface area contributed by atoms with Crippen LogP contribution in [0.4, 0.5) is 11.4 Å². The van der Waals surface area contributed by atoms with E-state index in [4.69, 9.17) is 4.42 Å². The van der Waals surface area contributed by atoms with Gasteiger partial charge in [-0.25, -0.2) is 4.98 Å². The van der Waals surface area contributed by atoms with E-state index >= 15 is 0 Å². The third-order valence-corrected chi connectivity index (χ3v) is 3.42. The Hall–Kier alpha value is -3.08. The molecule has 1 N–H and O–H groups in total. The molecule has 0 saturated heterocycles. The van der Waals surface area contributed by atoms with Gasteiger partial charge in [0.2, 0.25) is 0 Å². The number of benzene rings is 2. The van der Waals surface area contributed by atoms with Crippen LogP contribution in [0.25, 0.3) is 11.3 Å². The molecule has 0 amide bonds. The van der Waals surface area contributed by atoms with E-state index in [9.17, 15) is 0 Å². The Balaban J connectivity index is 1.61. The number of rotatable bonds is 5. The summed E-state index contributed by atoms with van der Waals surface area (Å²) >= 11 is 0. The van der Waals surface area contributed by atoms with Crippen molar-refractivity contribution < 1.29 is 4.42 Å². The molecule has 0 aliphatic heterocycles. The fraction of sp³-hybridized carbons (Fsp3) is 0.111. The van der Waals surface area contributed by atoms with Crippen molar-refractivity contribution in [2.24, 2.45) is 5.10 Å². The van der Waals surface area contributed by atoms with Crippen LogP contribution in [0.3, 0.4) is 0 Å². The van der Waals surface area contributed by atoms with Crippen LogP contribution in [-0.2, 0) is 0 Å². The lowest BCUT2D eigenvalue weighted by molar-refractivity contribution is 0.572. The SMILES string of the molecule is CN(C)c1ccc(C=NNc2ccc(-c3cnco3)cc2)cc1. The van der Waals surface area contributed by atoms with Gasteiger partial charge < -0.3 is 9.32 Å². The molecule has 1 heterocycles. The number of nitrogens with one attached hydrogen (secondary N) is 1. The normalized spacial score (nSPS) is 10.9. The fourth-order valence-electron chi connectivity index (χ4n) is 2.11. The molecular formula is C18H18N4O. The van der Waals surface area contributed by atoms with Crippen LogP contribution >= 0.6 is 0 Å². The summed E-state index contributed by atoms with van der Waals surface area (Å²) in [6.07, 6.45) is 4.91. The van der Waals surface area contributed by atoms with Gasteiger partial charge in [0, 0.05) is 25.3 Å². The lowest BCUT2D eigenvalue weighted by atomic mass is 10.2. The van der Waals surface area contributed by atoms with Crippen molar-refractivity contribution in [1.29, 1.82) is 0 Å². The first kappa shape index (κ1) is 14.8. The fourth-order valence-corrected chi connectivity index (χ4v) is 2.11. The van der Waals surface area contributed by atoms with Crippen molar-refractivity contribution in [3.05, 3.63) is 66.7 Å². The van der Waals surface area contributed by atoms with Crippen LogP contribution < -0.4 is 10.3 Å². The second kappa shape index (κ2) is 6.79. The average Bonchev–Trinajstić information content (AvgIpc) is 3.10. The topological polar surface area (TPSA) is 53.7 Å². The number of hydrogen-bond acceptors (Lipinski definition) is 5. The summed E-state index contributed by atoms with van der Waals surface area (Å²) in [4.78, 5) is 5.98. The maximum Gasteiger partial charge on any atom is 0.181 e. The minimum Gasteiger partial charge on any atom is -0.444 e. The molecule has 5 nitrogen and oxygen atoms in total. The van der Waals surface area contributed by atoms with Crippen LogP contribution in [-0.4, -0.2) is 25.3 Å². The Morgan fingerprint density at radius 3 is 2.39 bits per heavy atom. The Morgan fingerprint density at radius 2 is 1.78 bits per heavy atom. The van der Waals surface area contributed by atoms with Crippen molar-refractivity contribution in [3.63, 3.8) is 0 Å². The highest BCUT2D eigenvalue weighted by Crippen LogP contribution is 2.20. The summed E-state index contributed by atoms with van der Waals surface area (Å²) in [7, 11) is 4.04. The minimum atomic E-state index is 0.751. The van der Waals surface area contributed by atoms with E-state index in [1.807, 2.05) is 50.5 Å². The zero-order chi connectivity index (χ0) is 16.1. The molecule has 0 radical (unpaired) electrons. The molecule has 0 saturated carbocycles. The second-order valence-electron chi connectivity index (χ2n) is 5.30. The van der Waals surface area contributed by atoms with Crippen molar-refractivity contribution in [3.8, 4) is 11.3 Å².